The molecular formula is C17H28N2O. The Hall–Kier alpha value is -1.06. The maximum absolute atomic E-state index is 9.81. The van der Waals surface area contributed by atoms with E-state index in [0.717, 1.165) is 39.1 Å². The van der Waals surface area contributed by atoms with Gasteiger partial charge < -0.3 is 10.0 Å². The van der Waals surface area contributed by atoms with Crippen LogP contribution in [-0.2, 0) is 0 Å². The fourth-order valence-corrected chi connectivity index (χ4v) is 2.72. The Morgan fingerprint density at radius 3 is 2.35 bits per heavy atom. The van der Waals surface area contributed by atoms with Crippen molar-refractivity contribution in [2.24, 2.45) is 0 Å². The quantitative estimate of drug-likeness (QED) is 0.915. The lowest BCUT2D eigenvalue weighted by Crippen LogP contribution is -2.47. The highest BCUT2D eigenvalue weighted by molar-refractivity contribution is 5.56. The van der Waals surface area contributed by atoms with Gasteiger partial charge in [0.2, 0.25) is 0 Å². The van der Waals surface area contributed by atoms with Gasteiger partial charge in [-0.15, -0.1) is 0 Å². The van der Waals surface area contributed by atoms with Gasteiger partial charge in [0.05, 0.1) is 5.60 Å². The number of benzene rings is 1. The summed E-state index contributed by atoms with van der Waals surface area (Å²) in [4.78, 5) is 4.95. The molecule has 1 heterocycles. The fraction of sp³-hybridized carbons (Fsp3) is 0.647. The van der Waals surface area contributed by atoms with Crippen LogP contribution in [-0.4, -0.2) is 48.3 Å². The van der Waals surface area contributed by atoms with Crippen molar-refractivity contribution in [1.29, 1.82) is 0 Å². The molecule has 1 saturated heterocycles. The molecule has 0 bridgehead atoms. The highest BCUT2D eigenvalue weighted by Crippen LogP contribution is 2.24. The summed E-state index contributed by atoms with van der Waals surface area (Å²) in [7, 11) is 0. The third-order valence-electron chi connectivity index (χ3n) is 4.33. The molecule has 3 nitrogen and oxygen atoms in total. The minimum atomic E-state index is -0.551. The van der Waals surface area contributed by atoms with E-state index in [0.29, 0.717) is 0 Å². The van der Waals surface area contributed by atoms with Crippen molar-refractivity contribution in [3.8, 4) is 0 Å². The molecule has 1 aliphatic rings. The molecule has 1 aromatic rings. The molecule has 20 heavy (non-hydrogen) atoms. The predicted octanol–water partition coefficient (Wildman–Crippen LogP) is 2.59. The lowest BCUT2D eigenvalue weighted by atomic mass is 10.0. The summed E-state index contributed by atoms with van der Waals surface area (Å²) in [6.07, 6.45) is 0.844. The first kappa shape index (κ1) is 15.3. The molecule has 1 aromatic carbocycles. The van der Waals surface area contributed by atoms with E-state index in [1.54, 1.807) is 0 Å². The van der Waals surface area contributed by atoms with Crippen LogP contribution in [0.2, 0.25) is 0 Å². The molecule has 0 atom stereocenters. The van der Waals surface area contributed by atoms with Gasteiger partial charge in [0.15, 0.2) is 0 Å². The van der Waals surface area contributed by atoms with Crippen molar-refractivity contribution in [3.63, 3.8) is 0 Å². The predicted molar refractivity (Wildman–Crippen MR) is 85.5 cm³/mol. The van der Waals surface area contributed by atoms with E-state index in [4.69, 9.17) is 0 Å². The first-order valence-electron chi connectivity index (χ1n) is 7.63. The first-order valence-corrected chi connectivity index (χ1v) is 7.63. The van der Waals surface area contributed by atoms with E-state index in [2.05, 4.69) is 41.8 Å². The molecule has 3 heteroatoms. The van der Waals surface area contributed by atoms with Gasteiger partial charge >= 0.3 is 0 Å². The van der Waals surface area contributed by atoms with Crippen LogP contribution >= 0.6 is 0 Å². The van der Waals surface area contributed by atoms with Crippen molar-refractivity contribution in [2.75, 3.05) is 37.6 Å². The summed E-state index contributed by atoms with van der Waals surface area (Å²) >= 11 is 0. The van der Waals surface area contributed by atoms with Crippen LogP contribution in [0.1, 0.15) is 31.4 Å². The maximum Gasteiger partial charge on any atom is 0.0603 e. The highest BCUT2D eigenvalue weighted by atomic mass is 16.3. The van der Waals surface area contributed by atoms with Crippen molar-refractivity contribution in [3.05, 3.63) is 29.3 Å². The number of aliphatic hydroxyl groups is 1. The van der Waals surface area contributed by atoms with Gasteiger partial charge in [0, 0.05) is 38.4 Å². The van der Waals surface area contributed by atoms with Gasteiger partial charge in [-0.05, 0) is 51.3 Å². The Bertz CT molecular complexity index is 443. The van der Waals surface area contributed by atoms with E-state index in [1.165, 1.54) is 16.8 Å². The second-order valence-electron chi connectivity index (χ2n) is 6.61. The molecule has 0 amide bonds. The van der Waals surface area contributed by atoms with Crippen LogP contribution in [0.3, 0.4) is 0 Å². The number of hydrogen-bond acceptors (Lipinski definition) is 3. The van der Waals surface area contributed by atoms with Gasteiger partial charge in [0.25, 0.3) is 0 Å². The number of anilines is 1. The lowest BCUT2D eigenvalue weighted by Gasteiger charge is -2.37. The van der Waals surface area contributed by atoms with Crippen LogP contribution in [0, 0.1) is 13.8 Å². The Balaban J connectivity index is 1.90. The molecule has 1 aliphatic heterocycles. The Kier molecular flexibility index (Phi) is 4.71. The largest absolute Gasteiger partial charge is 0.390 e. The first-order chi connectivity index (χ1) is 9.37. The smallest absolute Gasteiger partial charge is 0.0603 e. The molecule has 1 fully saturated rings. The molecular weight excluding hydrogens is 248 g/mol. The molecule has 0 aliphatic carbocycles. The lowest BCUT2D eigenvalue weighted by molar-refractivity contribution is 0.0569. The minimum Gasteiger partial charge on any atom is -0.390 e. The van der Waals surface area contributed by atoms with E-state index in [1.807, 2.05) is 13.8 Å². The molecule has 2 rings (SSSR count). The van der Waals surface area contributed by atoms with E-state index >= 15 is 0 Å². The second kappa shape index (κ2) is 6.15. The summed E-state index contributed by atoms with van der Waals surface area (Å²) in [5.74, 6) is 0. The average molecular weight is 276 g/mol. The maximum atomic E-state index is 9.81. The molecule has 0 spiro atoms. The molecule has 0 radical (unpaired) electrons. The topological polar surface area (TPSA) is 26.7 Å². The summed E-state index contributed by atoms with van der Waals surface area (Å²) in [6.45, 7) is 13.5. The van der Waals surface area contributed by atoms with Crippen molar-refractivity contribution in [2.45, 2.75) is 39.7 Å². The molecule has 0 unspecified atom stereocenters. The van der Waals surface area contributed by atoms with Crippen LogP contribution in [0.15, 0.2) is 18.2 Å². The van der Waals surface area contributed by atoms with Crippen molar-refractivity contribution >= 4 is 5.69 Å². The standard InChI is InChI=1S/C17H28N2O/c1-14-6-5-7-16(15(14)2)19-12-10-18(11-13-19)9-8-17(3,4)20/h5-7,20H,8-13H2,1-4H3. The third-order valence-corrected chi connectivity index (χ3v) is 4.33. The summed E-state index contributed by atoms with van der Waals surface area (Å²) < 4.78 is 0. The number of piperazine rings is 1. The van der Waals surface area contributed by atoms with Crippen LogP contribution in [0.5, 0.6) is 0 Å². The van der Waals surface area contributed by atoms with Crippen LogP contribution in [0.4, 0.5) is 5.69 Å². The van der Waals surface area contributed by atoms with E-state index in [-0.39, 0.29) is 0 Å². The van der Waals surface area contributed by atoms with Gasteiger partial charge in [-0.3, -0.25) is 4.90 Å². The molecule has 112 valence electrons. The monoisotopic (exact) mass is 276 g/mol. The van der Waals surface area contributed by atoms with Gasteiger partial charge in [-0.25, -0.2) is 0 Å². The Morgan fingerprint density at radius 1 is 1.10 bits per heavy atom. The molecule has 0 aromatic heterocycles. The zero-order valence-corrected chi connectivity index (χ0v) is 13.3. The highest BCUT2D eigenvalue weighted by Gasteiger charge is 2.20. The van der Waals surface area contributed by atoms with Crippen molar-refractivity contribution in [1.82, 2.24) is 4.90 Å². The average Bonchev–Trinajstić information content (AvgIpc) is 2.40. The summed E-state index contributed by atoms with van der Waals surface area (Å²) in [5, 5.41) is 9.81. The normalized spacial score (nSPS) is 17.6. The number of aryl methyl sites for hydroxylation is 1. The van der Waals surface area contributed by atoms with Gasteiger partial charge in [-0.2, -0.15) is 0 Å². The fourth-order valence-electron chi connectivity index (χ4n) is 2.72. The number of rotatable bonds is 4. The van der Waals surface area contributed by atoms with Gasteiger partial charge in [-0.1, -0.05) is 12.1 Å². The van der Waals surface area contributed by atoms with E-state index < -0.39 is 5.60 Å². The summed E-state index contributed by atoms with van der Waals surface area (Å²) in [5.41, 5.74) is 3.60. The van der Waals surface area contributed by atoms with Crippen LogP contribution < -0.4 is 4.90 Å². The Morgan fingerprint density at radius 2 is 1.75 bits per heavy atom. The summed E-state index contributed by atoms with van der Waals surface area (Å²) in [6, 6.07) is 6.56. The molecule has 0 saturated carbocycles. The minimum absolute atomic E-state index is 0.551. The number of nitrogens with zero attached hydrogens (tertiary/aromatic N) is 2. The number of hydrogen-bond donors (Lipinski definition) is 1. The van der Waals surface area contributed by atoms with Gasteiger partial charge in [0.1, 0.15) is 0 Å². The van der Waals surface area contributed by atoms with E-state index in [9.17, 15) is 5.11 Å². The SMILES string of the molecule is Cc1cccc(N2CCN(CCC(C)(C)O)CC2)c1C. The van der Waals surface area contributed by atoms with Crippen LogP contribution in [0.25, 0.3) is 0 Å². The second-order valence-corrected chi connectivity index (χ2v) is 6.61. The van der Waals surface area contributed by atoms with Crippen molar-refractivity contribution < 1.29 is 5.11 Å². The Labute approximate surface area is 123 Å². The zero-order valence-electron chi connectivity index (χ0n) is 13.3. The third kappa shape index (κ3) is 3.97. The molecule has 1 N–H and O–H groups in total. The zero-order chi connectivity index (χ0) is 14.8.